The molecule has 2 aromatic carbocycles. The number of fused-ring (bicyclic) bond motifs is 2. The van der Waals surface area contributed by atoms with Crippen LogP contribution >= 0.6 is 11.3 Å². The Morgan fingerprint density at radius 1 is 0.974 bits per heavy atom. The van der Waals surface area contributed by atoms with E-state index in [2.05, 4.69) is 24.8 Å². The van der Waals surface area contributed by atoms with Crippen molar-refractivity contribution >= 4 is 44.1 Å². The molecule has 1 aliphatic heterocycles. The van der Waals surface area contributed by atoms with Crippen LogP contribution in [0.3, 0.4) is 0 Å². The summed E-state index contributed by atoms with van der Waals surface area (Å²) in [7, 11) is 0. The van der Waals surface area contributed by atoms with Crippen LogP contribution < -0.4 is 9.64 Å². The molecule has 4 heterocycles. The highest BCUT2D eigenvalue weighted by molar-refractivity contribution is 7.18. The molecule has 5 aromatic rings. The van der Waals surface area contributed by atoms with Crippen LogP contribution in [0.25, 0.3) is 32.8 Å². The molecule has 0 bridgehead atoms. The minimum Gasteiger partial charge on any atom is -0.490 e. The number of ether oxygens (including phenoxy) is 1. The number of nitro groups is 1. The molecule has 0 amide bonds. The zero-order chi connectivity index (χ0) is 27.1. The zero-order valence-electron chi connectivity index (χ0n) is 20.4. The molecule has 6 rings (SSSR count). The van der Waals surface area contributed by atoms with Gasteiger partial charge in [0.2, 0.25) is 5.82 Å². The van der Waals surface area contributed by atoms with Gasteiger partial charge >= 0.3 is 11.2 Å². The lowest BCUT2D eigenvalue weighted by atomic mass is 10.2. The Morgan fingerprint density at radius 2 is 1.72 bits per heavy atom. The number of nitrogens with one attached hydrogen (secondary N) is 2. The van der Waals surface area contributed by atoms with E-state index in [4.69, 9.17) is 9.72 Å². The third-order valence-corrected chi connectivity index (χ3v) is 7.66. The first-order chi connectivity index (χ1) is 18.8. The zero-order valence-corrected chi connectivity index (χ0v) is 21.2. The van der Waals surface area contributed by atoms with Gasteiger partial charge in [-0.2, -0.15) is 13.2 Å². The largest absolute Gasteiger partial charge is 0.490 e. The Bertz CT molecular complexity index is 1650. The minimum absolute atomic E-state index is 0.0675. The summed E-state index contributed by atoms with van der Waals surface area (Å²) >= 11 is 1.08. The van der Waals surface area contributed by atoms with E-state index in [1.54, 1.807) is 18.2 Å². The summed E-state index contributed by atoms with van der Waals surface area (Å²) in [6.45, 7) is 4.01. The maximum Gasteiger partial charge on any atom is 0.449 e. The van der Waals surface area contributed by atoms with E-state index in [1.165, 1.54) is 12.1 Å². The van der Waals surface area contributed by atoms with Gasteiger partial charge in [-0.15, -0.1) is 0 Å². The number of anilines is 1. The molecular formula is C25H22F3N7O3S. The topological polar surface area (TPSA) is 116 Å². The van der Waals surface area contributed by atoms with E-state index in [0.717, 1.165) is 54.2 Å². The lowest BCUT2D eigenvalue weighted by Crippen LogP contribution is -2.47. The van der Waals surface area contributed by atoms with Crippen LogP contribution in [0.15, 0.2) is 48.5 Å². The number of thiophene rings is 1. The van der Waals surface area contributed by atoms with Gasteiger partial charge in [0.15, 0.2) is 0 Å². The van der Waals surface area contributed by atoms with Gasteiger partial charge in [0, 0.05) is 38.8 Å². The molecule has 3 aromatic heterocycles. The summed E-state index contributed by atoms with van der Waals surface area (Å²) in [6.07, 6.45) is -4.55. The number of benzene rings is 2. The molecule has 0 unspecified atom stereocenters. The standard InChI is InChI=1S/C25H22F3N7O3S/c26-25(27,28)24-30-16-4-2-6-18(22(16)32-24)38-14-13-33-9-11-34(12-10-33)17-5-1-3-15-21(17)31-23(29-15)19-7-8-20(39-19)35(36)37/h1-8H,9-14H2,(H,29,31)(H,30,32). The number of alkyl halides is 3. The predicted octanol–water partition coefficient (Wildman–Crippen LogP) is 5.30. The average Bonchev–Trinajstić information content (AvgIpc) is 3.66. The van der Waals surface area contributed by atoms with Gasteiger partial charge in [0.1, 0.15) is 29.2 Å². The number of piperazine rings is 1. The minimum atomic E-state index is -4.55. The normalized spacial score (nSPS) is 14.9. The molecule has 14 heteroatoms. The molecule has 0 atom stereocenters. The third kappa shape index (κ3) is 5.00. The SMILES string of the molecule is O=[N+]([O-])c1ccc(-c2nc3c(N4CCN(CCOc5cccc6[nH]c(C(F)(F)F)nc56)CC4)cccc3[nH]2)s1. The van der Waals surface area contributed by atoms with Gasteiger partial charge in [-0.1, -0.05) is 23.5 Å². The number of aromatic nitrogens is 4. The van der Waals surface area contributed by atoms with Gasteiger partial charge in [-0.05, 0) is 30.3 Å². The average molecular weight is 558 g/mol. The summed E-state index contributed by atoms with van der Waals surface area (Å²) in [5, 5.41) is 11.1. The second-order valence-corrected chi connectivity index (χ2v) is 10.1. The van der Waals surface area contributed by atoms with E-state index in [1.807, 2.05) is 18.2 Å². The Labute approximate surface area is 223 Å². The fourth-order valence-electron chi connectivity index (χ4n) is 4.70. The number of aromatic amines is 2. The van der Waals surface area contributed by atoms with E-state index in [-0.39, 0.29) is 16.0 Å². The first-order valence-electron chi connectivity index (χ1n) is 12.2. The molecule has 0 aliphatic carbocycles. The summed E-state index contributed by atoms with van der Waals surface area (Å²) < 4.78 is 44.9. The van der Waals surface area contributed by atoms with E-state index < -0.39 is 16.9 Å². The van der Waals surface area contributed by atoms with E-state index >= 15 is 0 Å². The Kier molecular flexibility index (Phi) is 6.35. The van der Waals surface area contributed by atoms with Crippen molar-refractivity contribution in [3.63, 3.8) is 0 Å². The Morgan fingerprint density at radius 3 is 2.44 bits per heavy atom. The molecule has 10 nitrogen and oxygen atoms in total. The van der Waals surface area contributed by atoms with Crippen LogP contribution in [-0.4, -0.2) is 69.1 Å². The van der Waals surface area contributed by atoms with Crippen LogP contribution in [0.2, 0.25) is 0 Å². The number of H-pyrrole nitrogens is 2. The second kappa shape index (κ2) is 9.85. The van der Waals surface area contributed by atoms with E-state index in [0.29, 0.717) is 29.6 Å². The third-order valence-electron chi connectivity index (χ3n) is 6.62. The number of hydrogen-bond donors (Lipinski definition) is 2. The first kappa shape index (κ1) is 25.1. The highest BCUT2D eigenvalue weighted by Gasteiger charge is 2.35. The molecule has 1 saturated heterocycles. The number of rotatable bonds is 7. The molecular weight excluding hydrogens is 535 g/mol. The number of para-hydroxylation sites is 2. The highest BCUT2D eigenvalue weighted by atomic mass is 32.1. The molecule has 0 spiro atoms. The van der Waals surface area contributed by atoms with Gasteiger partial charge in [0.25, 0.3) is 0 Å². The summed E-state index contributed by atoms with van der Waals surface area (Å²) in [6, 6.07) is 13.9. The van der Waals surface area contributed by atoms with Gasteiger partial charge in [-0.25, -0.2) is 9.97 Å². The summed E-state index contributed by atoms with van der Waals surface area (Å²) in [5.74, 6) is -0.129. The lowest BCUT2D eigenvalue weighted by molar-refractivity contribution is -0.380. The van der Waals surface area contributed by atoms with Crippen molar-refractivity contribution in [3.05, 3.63) is 64.5 Å². The van der Waals surface area contributed by atoms with Crippen molar-refractivity contribution in [1.82, 2.24) is 24.8 Å². The van der Waals surface area contributed by atoms with E-state index in [9.17, 15) is 23.3 Å². The smallest absolute Gasteiger partial charge is 0.449 e. The monoisotopic (exact) mass is 557 g/mol. The van der Waals surface area contributed by atoms with Gasteiger partial charge in [0.05, 0.1) is 26.5 Å². The van der Waals surface area contributed by atoms with Crippen LogP contribution in [0.1, 0.15) is 5.82 Å². The lowest BCUT2D eigenvalue weighted by Gasteiger charge is -2.36. The van der Waals surface area contributed by atoms with Crippen LogP contribution in [-0.2, 0) is 6.18 Å². The van der Waals surface area contributed by atoms with Crippen molar-refractivity contribution in [2.24, 2.45) is 0 Å². The summed E-state index contributed by atoms with van der Waals surface area (Å²) in [5.41, 5.74) is 3.10. The van der Waals surface area contributed by atoms with Gasteiger partial charge < -0.3 is 19.6 Å². The van der Waals surface area contributed by atoms with Crippen LogP contribution in [0.4, 0.5) is 23.9 Å². The van der Waals surface area contributed by atoms with Crippen molar-refractivity contribution in [1.29, 1.82) is 0 Å². The molecule has 202 valence electrons. The van der Waals surface area contributed by atoms with Crippen LogP contribution in [0.5, 0.6) is 5.75 Å². The molecule has 1 aliphatic rings. The van der Waals surface area contributed by atoms with Crippen LogP contribution in [0, 0.1) is 10.1 Å². The molecule has 0 radical (unpaired) electrons. The molecule has 39 heavy (non-hydrogen) atoms. The van der Waals surface area contributed by atoms with Gasteiger partial charge in [-0.3, -0.25) is 15.0 Å². The van der Waals surface area contributed by atoms with Crippen molar-refractivity contribution in [2.75, 3.05) is 44.2 Å². The number of hydrogen-bond acceptors (Lipinski definition) is 8. The summed E-state index contributed by atoms with van der Waals surface area (Å²) in [4.78, 5) is 29.8. The van der Waals surface area contributed by atoms with Crippen molar-refractivity contribution in [3.8, 4) is 16.5 Å². The quantitative estimate of drug-likeness (QED) is 0.206. The van der Waals surface area contributed by atoms with Crippen molar-refractivity contribution in [2.45, 2.75) is 6.18 Å². The maximum absolute atomic E-state index is 13.0. The molecule has 0 saturated carbocycles. The fraction of sp³-hybridized carbons (Fsp3) is 0.280. The number of nitrogens with zero attached hydrogens (tertiary/aromatic N) is 5. The Balaban J connectivity index is 1.08. The predicted molar refractivity (Wildman–Crippen MR) is 141 cm³/mol. The highest BCUT2D eigenvalue weighted by Crippen LogP contribution is 2.35. The molecule has 1 fully saturated rings. The number of halogens is 3. The maximum atomic E-state index is 13.0. The Hall–Kier alpha value is -4.17. The molecule has 2 N–H and O–H groups in total. The first-order valence-corrected chi connectivity index (χ1v) is 13.0. The number of imidazole rings is 2. The fourth-order valence-corrected chi connectivity index (χ4v) is 5.46. The van der Waals surface area contributed by atoms with Crippen molar-refractivity contribution < 1.29 is 22.8 Å². The second-order valence-electron chi connectivity index (χ2n) is 9.07.